The van der Waals surface area contributed by atoms with Crippen molar-refractivity contribution in [3.63, 3.8) is 0 Å². The van der Waals surface area contributed by atoms with Gasteiger partial charge in [-0.15, -0.1) is 0 Å². The molecule has 0 aromatic heterocycles. The smallest absolute Gasteiger partial charge is 0.226 e. The van der Waals surface area contributed by atoms with E-state index in [1.165, 1.54) is 0 Å². The molecule has 0 unspecified atom stereocenters. The van der Waals surface area contributed by atoms with Crippen LogP contribution in [0.1, 0.15) is 6.42 Å². The van der Waals surface area contributed by atoms with Gasteiger partial charge in [0.05, 0.1) is 0 Å². The van der Waals surface area contributed by atoms with Crippen LogP contribution in [0.3, 0.4) is 0 Å². The van der Waals surface area contributed by atoms with E-state index in [0.717, 1.165) is 0 Å². The molecule has 8 heavy (non-hydrogen) atoms. The molecule has 0 fully saturated rings. The molecule has 0 aromatic carbocycles. The topological polar surface area (TPSA) is 86.2 Å². The van der Waals surface area contributed by atoms with Crippen molar-refractivity contribution in [3.8, 4) is 0 Å². The Morgan fingerprint density at radius 2 is 1.38 bits per heavy atom. The van der Waals surface area contributed by atoms with Crippen LogP contribution in [0.25, 0.3) is 0 Å². The van der Waals surface area contributed by atoms with Gasteiger partial charge in [0, 0.05) is 29.6 Å². The average Bonchev–Trinajstić information content (AvgIpc) is 1.27. The van der Waals surface area contributed by atoms with E-state index < -0.39 is 11.8 Å². The summed E-state index contributed by atoms with van der Waals surface area (Å²) in [6.07, 6.45) is -0.361. The fourth-order valence-electron chi connectivity index (χ4n) is 0.172. The van der Waals surface area contributed by atoms with Gasteiger partial charge < -0.3 is 11.5 Å². The van der Waals surface area contributed by atoms with Gasteiger partial charge in [-0.1, -0.05) is 0 Å². The minimum Gasteiger partial charge on any atom is -0.369 e. The van der Waals surface area contributed by atoms with Crippen LogP contribution < -0.4 is 11.5 Å². The molecule has 5 heteroatoms. The van der Waals surface area contributed by atoms with E-state index in [2.05, 4.69) is 11.5 Å². The molecule has 0 spiro atoms. The molecule has 0 rings (SSSR count). The summed E-state index contributed by atoms with van der Waals surface area (Å²) in [5, 5.41) is 0. The van der Waals surface area contributed by atoms with E-state index in [-0.39, 0.29) is 36.0 Å². The first-order valence-electron chi connectivity index (χ1n) is 1.69. The van der Waals surface area contributed by atoms with Crippen LogP contribution in [-0.2, 0) is 9.59 Å². The van der Waals surface area contributed by atoms with Crippen molar-refractivity contribution < 1.29 is 9.59 Å². The van der Waals surface area contributed by atoms with Gasteiger partial charge in [-0.05, 0) is 0 Å². The number of carbonyl (C=O) groups excluding carboxylic acids is 2. The summed E-state index contributed by atoms with van der Waals surface area (Å²) in [6.45, 7) is 0. The van der Waals surface area contributed by atoms with Crippen LogP contribution >= 0.6 is 0 Å². The van der Waals surface area contributed by atoms with Crippen LogP contribution in [-0.4, -0.2) is 41.4 Å². The predicted octanol–water partition coefficient (Wildman–Crippen LogP) is -2.03. The first-order valence-corrected chi connectivity index (χ1v) is 1.69. The molecule has 0 atom stereocenters. The second-order valence-corrected chi connectivity index (χ2v) is 1.11. The molecule has 4 nitrogen and oxygen atoms in total. The Hall–Kier alpha value is -0.0600. The second-order valence-electron chi connectivity index (χ2n) is 1.11. The fourth-order valence-corrected chi connectivity index (χ4v) is 0.172. The van der Waals surface area contributed by atoms with Gasteiger partial charge in [0.2, 0.25) is 11.8 Å². The summed E-state index contributed by atoms with van der Waals surface area (Å²) in [5.41, 5.74) is 9.11. The zero-order valence-electron chi connectivity index (χ0n) is 4.68. The van der Waals surface area contributed by atoms with Crippen LogP contribution in [0, 0.1) is 0 Å². The maximum atomic E-state index is 9.73. The number of rotatable bonds is 2. The zero-order valence-corrected chi connectivity index (χ0v) is 6.68. The molecule has 0 saturated heterocycles. The van der Waals surface area contributed by atoms with E-state index in [1.807, 2.05) is 0 Å². The van der Waals surface area contributed by atoms with E-state index in [1.54, 1.807) is 0 Å². The molecule has 41 valence electrons. The number of hydrogen-bond acceptors (Lipinski definition) is 2. The molecule has 0 bridgehead atoms. The van der Waals surface area contributed by atoms with Gasteiger partial charge in [-0.2, -0.15) is 0 Å². The number of carbonyl (C=O) groups is 2. The number of hydrogen-bond donors (Lipinski definition) is 2. The van der Waals surface area contributed by atoms with E-state index in [4.69, 9.17) is 0 Å². The molecule has 2 amide bonds. The van der Waals surface area contributed by atoms with Gasteiger partial charge in [-0.3, -0.25) is 9.59 Å². The summed E-state index contributed by atoms with van der Waals surface area (Å²) in [7, 11) is 0. The predicted molar refractivity (Wildman–Crippen MR) is 28.8 cm³/mol. The molecular weight excluding hydrogens is 119 g/mol. The van der Waals surface area contributed by atoms with Crippen LogP contribution in [0.5, 0.6) is 0 Å². The van der Waals surface area contributed by atoms with E-state index in [0.29, 0.717) is 0 Å². The molecule has 0 aliphatic rings. The Kier molecular flexibility index (Phi) is 6.89. The van der Waals surface area contributed by atoms with Crippen molar-refractivity contribution in [2.24, 2.45) is 11.5 Å². The van der Waals surface area contributed by atoms with Gasteiger partial charge in [0.25, 0.3) is 0 Å². The van der Waals surface area contributed by atoms with E-state index in [9.17, 15) is 9.59 Å². The summed E-state index contributed by atoms with van der Waals surface area (Å²) < 4.78 is 0. The quantitative estimate of drug-likeness (QED) is 0.329. The Morgan fingerprint density at radius 1 is 1.12 bits per heavy atom. The Morgan fingerprint density at radius 3 is 1.38 bits per heavy atom. The SMILES string of the molecule is NC(=O)CC(N)=O.[Na]. The molecule has 0 aliphatic carbocycles. The molecule has 1 radical (unpaired) electrons. The van der Waals surface area contributed by atoms with Crippen molar-refractivity contribution in [1.82, 2.24) is 0 Å². The first-order chi connectivity index (χ1) is 3.13. The summed E-state index contributed by atoms with van der Waals surface area (Å²) in [4.78, 5) is 19.5. The standard InChI is InChI=1S/C3H6N2O2.Na/c4-2(6)1-3(5)7;/h1H2,(H2,4,6)(H2,5,7);. The van der Waals surface area contributed by atoms with Crippen molar-refractivity contribution >= 4 is 41.4 Å². The number of nitrogens with two attached hydrogens (primary N) is 2. The minimum absolute atomic E-state index is 0. The van der Waals surface area contributed by atoms with Crippen molar-refractivity contribution in [1.29, 1.82) is 0 Å². The Labute approximate surface area is 68.9 Å². The molecule has 0 saturated carbocycles. The van der Waals surface area contributed by atoms with Gasteiger partial charge in [-0.25, -0.2) is 0 Å². The third kappa shape index (κ3) is 9.34. The van der Waals surface area contributed by atoms with Crippen LogP contribution in [0.15, 0.2) is 0 Å². The Balaban J connectivity index is 0. The van der Waals surface area contributed by atoms with Gasteiger partial charge in [0.15, 0.2) is 0 Å². The van der Waals surface area contributed by atoms with E-state index >= 15 is 0 Å². The molecule has 4 N–H and O–H groups in total. The summed E-state index contributed by atoms with van der Waals surface area (Å²) in [5.74, 6) is -1.37. The normalized spacial score (nSPS) is 7.00. The third-order valence-corrected chi connectivity index (χ3v) is 0.348. The summed E-state index contributed by atoms with van der Waals surface area (Å²) in [6, 6.07) is 0. The summed E-state index contributed by atoms with van der Waals surface area (Å²) >= 11 is 0. The molecular formula is C3H6N2NaO2. The monoisotopic (exact) mass is 125 g/mol. The first kappa shape index (κ1) is 10.8. The maximum absolute atomic E-state index is 9.73. The van der Waals surface area contributed by atoms with Crippen molar-refractivity contribution in [2.45, 2.75) is 6.42 Å². The molecule has 0 aromatic rings. The van der Waals surface area contributed by atoms with Gasteiger partial charge >= 0.3 is 0 Å². The second kappa shape index (κ2) is 5.08. The van der Waals surface area contributed by atoms with Crippen molar-refractivity contribution in [2.75, 3.05) is 0 Å². The van der Waals surface area contributed by atoms with Crippen LogP contribution in [0.4, 0.5) is 0 Å². The van der Waals surface area contributed by atoms with Crippen LogP contribution in [0.2, 0.25) is 0 Å². The Bertz CT molecular complexity index is 91.5. The zero-order chi connectivity index (χ0) is 5.86. The van der Waals surface area contributed by atoms with Crippen molar-refractivity contribution in [3.05, 3.63) is 0 Å². The maximum Gasteiger partial charge on any atom is 0.226 e. The number of amides is 2. The average molecular weight is 125 g/mol. The fraction of sp³-hybridized carbons (Fsp3) is 0.333. The molecule has 0 aliphatic heterocycles. The largest absolute Gasteiger partial charge is 0.369 e. The minimum atomic E-state index is -0.687. The number of primary amides is 2. The van der Waals surface area contributed by atoms with Gasteiger partial charge in [0.1, 0.15) is 6.42 Å². The molecule has 0 heterocycles. The third-order valence-electron chi connectivity index (χ3n) is 0.348.